The minimum absolute atomic E-state index is 0.0151. The minimum Gasteiger partial charge on any atom is -0.478 e. The van der Waals surface area contributed by atoms with Gasteiger partial charge in [-0.1, -0.05) is 25.5 Å². The maximum Gasteiger partial charge on any atom is 0.342 e. The van der Waals surface area contributed by atoms with Crippen molar-refractivity contribution in [1.29, 1.82) is 0 Å². The van der Waals surface area contributed by atoms with Crippen molar-refractivity contribution in [1.82, 2.24) is 4.98 Å². The van der Waals surface area contributed by atoms with Gasteiger partial charge in [0, 0.05) is 17.7 Å². The molecule has 2 rings (SSSR count). The standard InChI is InChI=1S/C18H19FN2O6/c1-2-3-6-27-8-10-5-4-9(7-11(10)19)12-13(17(23)24)15(20)21-16(22)14(12)18(25)26/h4-5,7H,2-3,6,8H2,1H3,(H,23,24)(H,25,26)(H3,20,21,22). The number of carboxylic acids is 2. The van der Waals surface area contributed by atoms with Crippen molar-refractivity contribution < 1.29 is 28.9 Å². The highest BCUT2D eigenvalue weighted by molar-refractivity contribution is 6.07. The van der Waals surface area contributed by atoms with E-state index in [-0.39, 0.29) is 17.7 Å². The molecule has 0 atom stereocenters. The number of hydrogen-bond donors (Lipinski definition) is 4. The summed E-state index contributed by atoms with van der Waals surface area (Å²) in [6.45, 7) is 2.47. The molecule has 0 saturated carbocycles. The third-order valence-corrected chi connectivity index (χ3v) is 3.91. The van der Waals surface area contributed by atoms with Crippen molar-refractivity contribution in [2.45, 2.75) is 26.4 Å². The van der Waals surface area contributed by atoms with Gasteiger partial charge in [0.2, 0.25) is 0 Å². The lowest BCUT2D eigenvalue weighted by Crippen LogP contribution is -2.24. The molecule has 0 aliphatic rings. The second-order valence-corrected chi connectivity index (χ2v) is 5.82. The van der Waals surface area contributed by atoms with Crippen molar-refractivity contribution in [3.05, 3.63) is 51.1 Å². The van der Waals surface area contributed by atoms with Crippen LogP contribution in [0, 0.1) is 5.82 Å². The lowest BCUT2D eigenvalue weighted by Gasteiger charge is -2.13. The van der Waals surface area contributed by atoms with E-state index in [4.69, 9.17) is 10.5 Å². The van der Waals surface area contributed by atoms with Gasteiger partial charge < -0.3 is 25.7 Å². The van der Waals surface area contributed by atoms with Crippen molar-refractivity contribution in [2.24, 2.45) is 0 Å². The number of hydrogen-bond acceptors (Lipinski definition) is 5. The third-order valence-electron chi connectivity index (χ3n) is 3.91. The Bertz CT molecular complexity index is 938. The molecule has 0 amide bonds. The molecular weight excluding hydrogens is 359 g/mol. The Labute approximate surface area is 153 Å². The number of aromatic amines is 1. The molecule has 9 heteroatoms. The van der Waals surface area contributed by atoms with E-state index in [9.17, 15) is 29.0 Å². The fourth-order valence-electron chi connectivity index (χ4n) is 2.58. The van der Waals surface area contributed by atoms with Crippen LogP contribution in [0.4, 0.5) is 10.2 Å². The number of nitrogens with one attached hydrogen (secondary N) is 1. The minimum atomic E-state index is -1.65. The summed E-state index contributed by atoms with van der Waals surface area (Å²) in [6, 6.07) is 3.64. The van der Waals surface area contributed by atoms with E-state index in [2.05, 4.69) is 0 Å². The second-order valence-electron chi connectivity index (χ2n) is 5.82. The van der Waals surface area contributed by atoms with Crippen LogP contribution >= 0.6 is 0 Å². The van der Waals surface area contributed by atoms with E-state index in [1.54, 1.807) is 0 Å². The van der Waals surface area contributed by atoms with E-state index in [0.717, 1.165) is 18.9 Å². The fourth-order valence-corrected chi connectivity index (χ4v) is 2.58. The molecule has 0 unspecified atom stereocenters. The predicted molar refractivity (Wildman–Crippen MR) is 95.4 cm³/mol. The molecule has 0 aliphatic carbocycles. The van der Waals surface area contributed by atoms with Crippen LogP contribution in [0.1, 0.15) is 46.0 Å². The first-order valence-electron chi connectivity index (χ1n) is 8.16. The molecule has 0 saturated heterocycles. The van der Waals surface area contributed by atoms with Crippen molar-refractivity contribution in [3.8, 4) is 11.1 Å². The number of unbranched alkanes of at least 4 members (excludes halogenated alkanes) is 1. The van der Waals surface area contributed by atoms with Gasteiger partial charge in [0.1, 0.15) is 22.8 Å². The number of nitrogens with two attached hydrogens (primary N) is 1. The molecular formula is C18H19FN2O6. The molecule has 0 radical (unpaired) electrons. The number of H-pyrrole nitrogens is 1. The zero-order chi connectivity index (χ0) is 20.1. The number of aromatic carboxylic acids is 2. The first-order chi connectivity index (χ1) is 12.8. The van der Waals surface area contributed by atoms with Gasteiger partial charge in [0.25, 0.3) is 5.56 Å². The predicted octanol–water partition coefficient (Wildman–Crippen LogP) is 2.48. The van der Waals surface area contributed by atoms with Crippen molar-refractivity contribution in [3.63, 3.8) is 0 Å². The zero-order valence-electron chi connectivity index (χ0n) is 14.5. The Kier molecular flexibility index (Phi) is 6.30. The zero-order valence-corrected chi connectivity index (χ0v) is 14.5. The Balaban J connectivity index is 2.57. The van der Waals surface area contributed by atoms with Crippen LogP contribution in [-0.4, -0.2) is 33.7 Å². The summed E-state index contributed by atoms with van der Waals surface area (Å²) in [7, 11) is 0. The molecule has 1 heterocycles. The number of pyridine rings is 1. The van der Waals surface area contributed by atoms with Gasteiger partial charge in [-0.2, -0.15) is 0 Å². The van der Waals surface area contributed by atoms with Gasteiger partial charge in [-0.15, -0.1) is 0 Å². The Morgan fingerprint density at radius 3 is 2.44 bits per heavy atom. The smallest absolute Gasteiger partial charge is 0.342 e. The Morgan fingerprint density at radius 2 is 1.89 bits per heavy atom. The topological polar surface area (TPSA) is 143 Å². The summed E-state index contributed by atoms with van der Waals surface area (Å²) < 4.78 is 19.8. The van der Waals surface area contributed by atoms with Crippen LogP contribution in [0.2, 0.25) is 0 Å². The van der Waals surface area contributed by atoms with Crippen LogP contribution in [0.25, 0.3) is 11.1 Å². The number of carbonyl (C=O) groups is 2. The molecule has 5 N–H and O–H groups in total. The van der Waals surface area contributed by atoms with Crippen LogP contribution in [0.3, 0.4) is 0 Å². The van der Waals surface area contributed by atoms with Crippen LogP contribution in [-0.2, 0) is 11.3 Å². The second kappa shape index (κ2) is 8.45. The van der Waals surface area contributed by atoms with E-state index in [1.807, 2.05) is 11.9 Å². The molecule has 27 heavy (non-hydrogen) atoms. The number of anilines is 1. The van der Waals surface area contributed by atoms with Crippen LogP contribution in [0.5, 0.6) is 0 Å². The molecule has 0 bridgehead atoms. The molecule has 0 spiro atoms. The Morgan fingerprint density at radius 1 is 1.22 bits per heavy atom. The fraction of sp³-hybridized carbons (Fsp3) is 0.278. The highest BCUT2D eigenvalue weighted by Crippen LogP contribution is 2.30. The molecule has 1 aromatic heterocycles. The maximum absolute atomic E-state index is 14.4. The third kappa shape index (κ3) is 4.32. The highest BCUT2D eigenvalue weighted by Gasteiger charge is 2.27. The van der Waals surface area contributed by atoms with Crippen molar-refractivity contribution in [2.75, 3.05) is 12.3 Å². The number of benzene rings is 1. The molecule has 0 aliphatic heterocycles. The van der Waals surface area contributed by atoms with Crippen LogP contribution < -0.4 is 11.3 Å². The number of nitrogen functional groups attached to an aromatic ring is 1. The molecule has 8 nitrogen and oxygen atoms in total. The number of carboxylic acid groups (broad SMARTS) is 2. The van der Waals surface area contributed by atoms with Crippen LogP contribution in [0.15, 0.2) is 23.0 Å². The Hall–Kier alpha value is -3.20. The number of ether oxygens (including phenoxy) is 1. The van der Waals surface area contributed by atoms with E-state index in [1.165, 1.54) is 12.1 Å². The largest absolute Gasteiger partial charge is 0.478 e. The van der Waals surface area contributed by atoms with E-state index in [0.29, 0.717) is 6.61 Å². The van der Waals surface area contributed by atoms with E-state index < -0.39 is 45.8 Å². The number of aromatic nitrogens is 1. The van der Waals surface area contributed by atoms with Gasteiger partial charge in [0.15, 0.2) is 0 Å². The summed E-state index contributed by atoms with van der Waals surface area (Å²) in [5, 5.41) is 18.7. The molecule has 2 aromatic rings. The van der Waals surface area contributed by atoms with Gasteiger partial charge >= 0.3 is 11.9 Å². The quantitative estimate of drug-likeness (QED) is 0.517. The summed E-state index contributed by atoms with van der Waals surface area (Å²) >= 11 is 0. The maximum atomic E-state index is 14.4. The molecule has 1 aromatic carbocycles. The van der Waals surface area contributed by atoms with Gasteiger partial charge in [0.05, 0.1) is 6.61 Å². The summed E-state index contributed by atoms with van der Waals surface area (Å²) in [5.41, 5.74) is 2.72. The molecule has 0 fully saturated rings. The monoisotopic (exact) mass is 378 g/mol. The summed E-state index contributed by atoms with van der Waals surface area (Å²) in [4.78, 5) is 37.0. The lowest BCUT2D eigenvalue weighted by atomic mass is 9.94. The SMILES string of the molecule is CCCCOCc1ccc(-c2c(C(=O)O)c(N)[nH]c(=O)c2C(=O)O)cc1F. The highest BCUT2D eigenvalue weighted by atomic mass is 19.1. The van der Waals surface area contributed by atoms with Gasteiger partial charge in [-0.25, -0.2) is 14.0 Å². The summed E-state index contributed by atoms with van der Waals surface area (Å²) in [5.74, 6) is -4.43. The lowest BCUT2D eigenvalue weighted by molar-refractivity contribution is 0.0695. The molecule has 144 valence electrons. The average molecular weight is 378 g/mol. The number of rotatable bonds is 8. The first kappa shape index (κ1) is 20.1. The summed E-state index contributed by atoms with van der Waals surface area (Å²) in [6.07, 6.45) is 1.76. The van der Waals surface area contributed by atoms with Crippen molar-refractivity contribution >= 4 is 17.8 Å². The van der Waals surface area contributed by atoms with Gasteiger partial charge in [-0.3, -0.25) is 4.79 Å². The van der Waals surface area contributed by atoms with E-state index >= 15 is 0 Å². The normalized spacial score (nSPS) is 10.7. The number of halogens is 1. The average Bonchev–Trinajstić information content (AvgIpc) is 2.58. The first-order valence-corrected chi connectivity index (χ1v) is 8.16. The van der Waals surface area contributed by atoms with Gasteiger partial charge in [-0.05, 0) is 18.1 Å².